The first-order valence-electron chi connectivity index (χ1n) is 3.93. The SMILES string of the molecule is CC1CCCC(C(=O)O)C1.[In]. The maximum atomic E-state index is 10.5. The van der Waals surface area contributed by atoms with Gasteiger partial charge in [-0.2, -0.15) is 0 Å². The van der Waals surface area contributed by atoms with Crippen LogP contribution in [0.3, 0.4) is 0 Å². The van der Waals surface area contributed by atoms with Crippen LogP contribution in [0, 0.1) is 11.8 Å². The number of rotatable bonds is 1. The van der Waals surface area contributed by atoms with Crippen molar-refractivity contribution in [3.8, 4) is 0 Å². The summed E-state index contributed by atoms with van der Waals surface area (Å²) in [5.74, 6) is -0.0369. The molecule has 0 aromatic carbocycles. The van der Waals surface area contributed by atoms with Crippen LogP contribution in [0.4, 0.5) is 0 Å². The van der Waals surface area contributed by atoms with Crippen LogP contribution < -0.4 is 0 Å². The minimum Gasteiger partial charge on any atom is -0.481 e. The second-order valence-corrected chi connectivity index (χ2v) is 3.31. The Kier molecular flexibility index (Phi) is 5.23. The van der Waals surface area contributed by atoms with Crippen LogP contribution in [-0.4, -0.2) is 36.9 Å². The van der Waals surface area contributed by atoms with Crippen LogP contribution in [0.15, 0.2) is 0 Å². The van der Waals surface area contributed by atoms with Crippen LogP contribution in [0.1, 0.15) is 32.6 Å². The molecule has 3 heteroatoms. The first-order chi connectivity index (χ1) is 4.70. The van der Waals surface area contributed by atoms with Crippen molar-refractivity contribution >= 4 is 31.8 Å². The van der Waals surface area contributed by atoms with Crippen molar-refractivity contribution in [2.45, 2.75) is 32.6 Å². The maximum absolute atomic E-state index is 10.5. The van der Waals surface area contributed by atoms with Gasteiger partial charge in [0.05, 0.1) is 5.92 Å². The zero-order valence-corrected chi connectivity index (χ0v) is 10.2. The summed E-state index contributed by atoms with van der Waals surface area (Å²) in [6, 6.07) is 0. The van der Waals surface area contributed by atoms with Gasteiger partial charge < -0.3 is 5.11 Å². The fourth-order valence-electron chi connectivity index (χ4n) is 1.66. The third kappa shape index (κ3) is 3.50. The third-order valence-corrected chi connectivity index (χ3v) is 2.29. The van der Waals surface area contributed by atoms with E-state index in [-0.39, 0.29) is 31.8 Å². The van der Waals surface area contributed by atoms with Gasteiger partial charge in [0.25, 0.3) is 0 Å². The minimum atomic E-state index is -0.605. The van der Waals surface area contributed by atoms with E-state index in [1.54, 1.807) is 0 Å². The van der Waals surface area contributed by atoms with Crippen molar-refractivity contribution < 1.29 is 9.90 Å². The normalized spacial score (nSPS) is 30.6. The average Bonchev–Trinajstić information content (AvgIpc) is 1.88. The zero-order valence-electron chi connectivity index (χ0n) is 6.92. The van der Waals surface area contributed by atoms with Gasteiger partial charge in [-0.3, -0.25) is 4.79 Å². The number of aliphatic carboxylic acids is 1. The maximum Gasteiger partial charge on any atom is 0.306 e. The van der Waals surface area contributed by atoms with Gasteiger partial charge in [0.15, 0.2) is 0 Å². The molecule has 0 saturated heterocycles. The molecular formula is C8H14InO2. The van der Waals surface area contributed by atoms with E-state index in [9.17, 15) is 4.79 Å². The molecule has 1 fully saturated rings. The first-order valence-corrected chi connectivity index (χ1v) is 3.93. The second-order valence-electron chi connectivity index (χ2n) is 3.31. The summed E-state index contributed by atoms with van der Waals surface area (Å²) in [5.41, 5.74) is 0. The molecule has 0 heterocycles. The molecular weight excluding hydrogens is 243 g/mol. The van der Waals surface area contributed by atoms with E-state index >= 15 is 0 Å². The number of hydrogen-bond donors (Lipinski definition) is 1. The fraction of sp³-hybridized carbons (Fsp3) is 0.875. The molecule has 2 unspecified atom stereocenters. The standard InChI is InChI=1S/C8H14O2.In/c1-6-3-2-4-7(5-6)8(9)10;/h6-7H,2-5H2,1H3,(H,9,10);. The topological polar surface area (TPSA) is 37.3 Å². The molecule has 0 aromatic heterocycles. The van der Waals surface area contributed by atoms with Crippen molar-refractivity contribution in [3.05, 3.63) is 0 Å². The molecule has 2 atom stereocenters. The summed E-state index contributed by atoms with van der Waals surface area (Å²) in [4.78, 5) is 10.5. The smallest absolute Gasteiger partial charge is 0.306 e. The van der Waals surface area contributed by atoms with Crippen LogP contribution >= 0.6 is 0 Å². The Balaban J connectivity index is 0.000001000. The van der Waals surface area contributed by atoms with E-state index in [0.29, 0.717) is 5.92 Å². The molecule has 0 aliphatic heterocycles. The van der Waals surface area contributed by atoms with Crippen LogP contribution in [0.2, 0.25) is 0 Å². The Morgan fingerprint density at radius 1 is 1.45 bits per heavy atom. The molecule has 2 nitrogen and oxygen atoms in total. The summed E-state index contributed by atoms with van der Waals surface area (Å²) in [7, 11) is 0. The van der Waals surface area contributed by atoms with Crippen molar-refractivity contribution in [1.29, 1.82) is 0 Å². The van der Waals surface area contributed by atoms with Crippen LogP contribution in [0.25, 0.3) is 0 Å². The quantitative estimate of drug-likeness (QED) is 0.773. The third-order valence-electron chi connectivity index (χ3n) is 2.29. The summed E-state index contributed by atoms with van der Waals surface area (Å²) < 4.78 is 0. The summed E-state index contributed by atoms with van der Waals surface area (Å²) in [6.45, 7) is 2.13. The van der Waals surface area contributed by atoms with E-state index in [4.69, 9.17) is 5.11 Å². The molecule has 1 rings (SSSR count). The molecule has 1 N–H and O–H groups in total. The Bertz CT molecular complexity index is 136. The van der Waals surface area contributed by atoms with Gasteiger partial charge in [-0.05, 0) is 18.8 Å². The molecule has 1 saturated carbocycles. The van der Waals surface area contributed by atoms with Gasteiger partial charge in [0, 0.05) is 25.8 Å². The van der Waals surface area contributed by atoms with Gasteiger partial charge in [-0.15, -0.1) is 0 Å². The Morgan fingerprint density at radius 3 is 2.45 bits per heavy atom. The molecule has 11 heavy (non-hydrogen) atoms. The monoisotopic (exact) mass is 257 g/mol. The molecule has 61 valence electrons. The number of carbonyl (C=O) groups is 1. The largest absolute Gasteiger partial charge is 0.481 e. The molecule has 1 aliphatic rings. The van der Waals surface area contributed by atoms with E-state index in [0.717, 1.165) is 19.3 Å². The molecule has 0 aromatic rings. The van der Waals surface area contributed by atoms with Gasteiger partial charge in [-0.1, -0.05) is 19.8 Å². The van der Waals surface area contributed by atoms with E-state index in [1.807, 2.05) is 0 Å². The predicted molar refractivity (Wildman–Crippen MR) is 44.5 cm³/mol. The summed E-state index contributed by atoms with van der Waals surface area (Å²) in [5, 5.41) is 8.66. The predicted octanol–water partition coefficient (Wildman–Crippen LogP) is 1.52. The van der Waals surface area contributed by atoms with Gasteiger partial charge in [-0.25, -0.2) is 0 Å². The zero-order chi connectivity index (χ0) is 7.56. The van der Waals surface area contributed by atoms with Gasteiger partial charge in [0.2, 0.25) is 0 Å². The van der Waals surface area contributed by atoms with Gasteiger partial charge in [0.1, 0.15) is 0 Å². The average molecular weight is 257 g/mol. The number of carboxylic acids is 1. The van der Waals surface area contributed by atoms with Gasteiger partial charge >= 0.3 is 5.97 Å². The fourth-order valence-corrected chi connectivity index (χ4v) is 1.66. The van der Waals surface area contributed by atoms with Crippen LogP contribution in [-0.2, 0) is 4.79 Å². The molecule has 1 aliphatic carbocycles. The minimum absolute atomic E-state index is 0. The van der Waals surface area contributed by atoms with Crippen molar-refractivity contribution in [2.75, 3.05) is 0 Å². The van der Waals surface area contributed by atoms with Crippen LogP contribution in [0.5, 0.6) is 0 Å². The van der Waals surface area contributed by atoms with Crippen molar-refractivity contribution in [2.24, 2.45) is 11.8 Å². The van der Waals surface area contributed by atoms with Crippen molar-refractivity contribution in [3.63, 3.8) is 0 Å². The van der Waals surface area contributed by atoms with E-state index in [2.05, 4.69) is 6.92 Å². The Morgan fingerprint density at radius 2 is 2.09 bits per heavy atom. The first kappa shape index (κ1) is 11.3. The van der Waals surface area contributed by atoms with E-state index < -0.39 is 5.97 Å². The number of carboxylic acid groups (broad SMARTS) is 1. The molecule has 3 radical (unpaired) electrons. The molecule has 0 bridgehead atoms. The second kappa shape index (κ2) is 5.07. The van der Waals surface area contributed by atoms with Crippen molar-refractivity contribution in [1.82, 2.24) is 0 Å². The number of hydrogen-bond acceptors (Lipinski definition) is 1. The molecule has 0 spiro atoms. The summed E-state index contributed by atoms with van der Waals surface area (Å²) in [6.07, 6.45) is 4.08. The molecule has 0 amide bonds. The van der Waals surface area contributed by atoms with E-state index in [1.165, 1.54) is 6.42 Å². The summed E-state index contributed by atoms with van der Waals surface area (Å²) >= 11 is 0. The Labute approximate surface area is 86.2 Å². The Hall–Kier alpha value is 0.340.